The van der Waals surface area contributed by atoms with Gasteiger partial charge in [0, 0.05) is 60.6 Å². The van der Waals surface area contributed by atoms with Gasteiger partial charge in [0.1, 0.15) is 36.7 Å². The van der Waals surface area contributed by atoms with E-state index in [2.05, 4.69) is 172 Å². The number of aryl methyl sites for hydroxylation is 1. The minimum absolute atomic E-state index is 0.0842. The van der Waals surface area contributed by atoms with Crippen molar-refractivity contribution in [3.8, 4) is 30.1 Å². The molecule has 36 nitrogen and oxygen atoms in total. The summed E-state index contributed by atoms with van der Waals surface area (Å²) in [7, 11) is 4.75. The van der Waals surface area contributed by atoms with Crippen LogP contribution in [-0.2, 0) is 66.6 Å². The maximum atomic E-state index is 12.6. The van der Waals surface area contributed by atoms with E-state index in [1.807, 2.05) is 50.2 Å². The first-order valence-electron chi connectivity index (χ1n) is 43.3. The summed E-state index contributed by atoms with van der Waals surface area (Å²) in [6, 6.07) is 34.3. The van der Waals surface area contributed by atoms with Gasteiger partial charge in [0.05, 0.1) is 52.6 Å². The molecule has 4 aromatic carbocycles. The second kappa shape index (κ2) is 44.1. The fourth-order valence-electron chi connectivity index (χ4n) is 15.4. The number of hydrogen-bond donors (Lipinski definition) is 9. The van der Waals surface area contributed by atoms with Gasteiger partial charge < -0.3 is 91.3 Å². The fourth-order valence-corrected chi connectivity index (χ4v) is 15.4. The number of rotatable bonds is 36. The lowest BCUT2D eigenvalue weighted by atomic mass is 9.89. The van der Waals surface area contributed by atoms with Gasteiger partial charge in [0.25, 0.3) is 0 Å². The number of nitrogens with two attached hydrogens (primary N) is 4. The lowest BCUT2D eigenvalue weighted by Crippen LogP contribution is -2.27. The molecule has 10 heterocycles. The third-order valence-corrected chi connectivity index (χ3v) is 21.8. The molecule has 1 amide bonds. The molecule has 0 unspecified atom stereocenters. The van der Waals surface area contributed by atoms with E-state index in [9.17, 15) is 14.4 Å². The van der Waals surface area contributed by atoms with E-state index in [4.69, 9.17) is 60.8 Å². The van der Waals surface area contributed by atoms with Crippen LogP contribution >= 0.6 is 0 Å². The molecule has 0 spiro atoms. The van der Waals surface area contributed by atoms with Gasteiger partial charge in [-0.2, -0.15) is 44.9 Å². The SMILES string of the molecule is CCNC(=O)Oc1nc2c(N)nc(OCCOC)nc2n1Cc1cccc(CN2CCCC2)c1.COCCOc1nc(N)c2[nH]c(=O)n(Cc3cccc(CNCC(C)(C)C)c3)c2n1.COCCOc1nc(N)c2[nH]c(=O)n(Cc3cccc(CNCC4CCCCC4)c3)c2n1.Cc1nc2c(N)nc(OCC3CC3)nc2n1Cc1cccc(CN2CCCC2)c1. The van der Waals surface area contributed by atoms with E-state index >= 15 is 0 Å². The van der Waals surface area contributed by atoms with Crippen molar-refractivity contribution in [3.63, 3.8) is 0 Å². The van der Waals surface area contributed by atoms with Gasteiger partial charge in [-0.25, -0.2) is 19.4 Å². The van der Waals surface area contributed by atoms with E-state index in [1.165, 1.54) is 111 Å². The number of nitrogens with one attached hydrogen (secondary N) is 5. The Bertz CT molecular complexity index is 5660. The summed E-state index contributed by atoms with van der Waals surface area (Å²) in [4.78, 5) is 91.4. The summed E-state index contributed by atoms with van der Waals surface area (Å²) in [5, 5.41) is 9.68. The third-order valence-electron chi connectivity index (χ3n) is 21.8. The molecule has 2 aliphatic carbocycles. The van der Waals surface area contributed by atoms with Crippen molar-refractivity contribution in [2.75, 3.05) is 136 Å². The zero-order valence-electron chi connectivity index (χ0n) is 73.2. The predicted octanol–water partition coefficient (Wildman–Crippen LogP) is 9.69. The van der Waals surface area contributed by atoms with Crippen LogP contribution in [0.2, 0.25) is 0 Å². The number of benzene rings is 4. The van der Waals surface area contributed by atoms with Crippen LogP contribution in [0.25, 0.3) is 44.7 Å². The molecule has 125 heavy (non-hydrogen) atoms. The van der Waals surface area contributed by atoms with Crippen LogP contribution in [0.1, 0.15) is 149 Å². The van der Waals surface area contributed by atoms with Crippen LogP contribution in [0.15, 0.2) is 107 Å². The van der Waals surface area contributed by atoms with Crippen molar-refractivity contribution in [3.05, 3.63) is 168 Å². The van der Waals surface area contributed by atoms with E-state index < -0.39 is 6.09 Å². The number of carbonyl (C=O) groups is 1. The second-order valence-corrected chi connectivity index (χ2v) is 33.3. The van der Waals surface area contributed by atoms with E-state index in [0.29, 0.717) is 129 Å². The highest BCUT2D eigenvalue weighted by molar-refractivity contribution is 5.85. The van der Waals surface area contributed by atoms with E-state index in [1.54, 1.807) is 30.5 Å². The van der Waals surface area contributed by atoms with Gasteiger partial charge in [0.15, 0.2) is 56.9 Å². The molecule has 0 radical (unpaired) electrons. The molecular weight excluding hydrogens is 1600 g/mol. The lowest BCUT2D eigenvalue weighted by Gasteiger charge is -2.21. The summed E-state index contributed by atoms with van der Waals surface area (Å²) < 4.78 is 49.7. The fraction of sp³-hybridized carbons (Fsp3) is 0.494. The quantitative estimate of drug-likeness (QED) is 0.0165. The highest BCUT2D eigenvalue weighted by Gasteiger charge is 2.27. The molecule has 0 atom stereocenters. The van der Waals surface area contributed by atoms with Crippen LogP contribution in [0.5, 0.6) is 30.1 Å². The van der Waals surface area contributed by atoms with Crippen LogP contribution in [-0.4, -0.2) is 207 Å². The Morgan fingerprint density at radius 2 is 0.848 bits per heavy atom. The van der Waals surface area contributed by atoms with Gasteiger partial charge in [-0.3, -0.25) is 23.5 Å². The highest BCUT2D eigenvalue weighted by Crippen LogP contribution is 2.32. The molecule has 2 saturated heterocycles. The number of likely N-dealkylation sites (tertiary alicyclic amines) is 2. The number of aromatic nitrogens is 16. The number of carbonyl (C=O) groups excluding carboxylic acids is 1. The molecule has 2 aliphatic heterocycles. The lowest BCUT2D eigenvalue weighted by molar-refractivity contribution is 0.141. The molecule has 13 N–H and O–H groups in total. The average molecular weight is 1720 g/mol. The van der Waals surface area contributed by atoms with Crippen LogP contribution in [0.3, 0.4) is 0 Å². The number of fused-ring (bicyclic) bond motifs is 4. The summed E-state index contributed by atoms with van der Waals surface area (Å²) in [5.74, 6) is 3.18. The monoisotopic (exact) mass is 1720 g/mol. The van der Waals surface area contributed by atoms with E-state index in [0.717, 1.165) is 92.0 Å². The number of nitrogens with zero attached hydrogens (tertiary/aromatic N) is 16. The minimum Gasteiger partial charge on any atom is -0.463 e. The van der Waals surface area contributed by atoms with Crippen molar-refractivity contribution in [1.29, 1.82) is 0 Å². The second-order valence-electron chi connectivity index (χ2n) is 33.3. The molecule has 2 saturated carbocycles. The molecule has 668 valence electrons. The van der Waals surface area contributed by atoms with Crippen molar-refractivity contribution >= 4 is 74.0 Å². The standard InChI is InChI=1S/C23H31N7O4.C23H32N6O3.C22H28N6O.C21H30N6O3/c1-3-25-23(31)34-22-26-18-19(24)27-21(33-12-11-32-2)28-20(18)30(22)15-17-8-6-7-16(13-17)14-29-9-4-5-10-29;1-31-10-11-32-22-27-20(24)19-21(28-22)29(23(30)26-19)15-18-9-5-8-17(12-18)14-25-13-16-6-3-2-4-7-16;1-15-24-19-20(23)25-22(29-14-16-7-8-16)26-21(19)28(15)13-18-6-4-5-17(11-18)12-27-9-2-3-10-27;1-21(2,3)13-23-11-14-6-5-7-15(10-14)12-27-18-16(24-20(27)28)17(22)25-19(26-18)30-9-8-29-4/h6-8,13H,3-5,9-12,14-15H2,1-2H3,(H,25,31)(H2,24,27,28);5,8-9,12,16,25H,2-4,6-7,10-11,13-15H2,1H3,(H,26,30)(H2,24,27,28);4-6,11,16H,2-3,7-10,12-14H2,1H3,(H2,23,25,26);5-7,10,23H,8-9,11-13H2,1-4H3,(H,24,28)(H2,22,25,26). The van der Waals surface area contributed by atoms with Crippen molar-refractivity contribution in [1.82, 2.24) is 104 Å². The minimum atomic E-state index is -0.607. The Labute approximate surface area is 726 Å². The zero-order chi connectivity index (χ0) is 87.8. The Hall–Kier alpha value is -11.9. The summed E-state index contributed by atoms with van der Waals surface area (Å²) in [6.45, 7) is 25.5. The molecule has 8 aromatic heterocycles. The Morgan fingerprint density at radius 1 is 0.448 bits per heavy atom. The van der Waals surface area contributed by atoms with Crippen molar-refractivity contribution in [2.24, 2.45) is 17.3 Å². The molecule has 4 fully saturated rings. The Balaban J connectivity index is 0.000000143. The Kier molecular flexibility index (Phi) is 32.0. The molecule has 0 bridgehead atoms. The normalized spacial score (nSPS) is 14.4. The first-order valence-corrected chi connectivity index (χ1v) is 43.3. The number of hydrogen-bond acceptors (Lipinski definition) is 29. The molecule has 16 rings (SSSR count). The largest absolute Gasteiger partial charge is 0.463 e. The van der Waals surface area contributed by atoms with Crippen LogP contribution in [0, 0.1) is 24.2 Å². The third kappa shape index (κ3) is 25.9. The number of aromatic amines is 2. The van der Waals surface area contributed by atoms with Crippen LogP contribution in [0.4, 0.5) is 28.1 Å². The smallest absolute Gasteiger partial charge is 0.415 e. The number of H-pyrrole nitrogens is 2. The summed E-state index contributed by atoms with van der Waals surface area (Å²) in [6.07, 6.45) is 13.7. The number of anilines is 4. The summed E-state index contributed by atoms with van der Waals surface area (Å²) in [5.41, 5.74) is 37.0. The maximum Gasteiger partial charge on any atom is 0.415 e. The van der Waals surface area contributed by atoms with E-state index in [-0.39, 0.29) is 64.9 Å². The first kappa shape index (κ1) is 90.8. The van der Waals surface area contributed by atoms with Crippen molar-refractivity contribution < 1.29 is 42.7 Å². The van der Waals surface area contributed by atoms with Gasteiger partial charge >= 0.3 is 47.5 Å². The van der Waals surface area contributed by atoms with Crippen LogP contribution < -0.4 is 73.9 Å². The number of imidazole rings is 4. The number of nitrogen functional groups attached to an aromatic ring is 4. The van der Waals surface area contributed by atoms with Gasteiger partial charge in [0.2, 0.25) is 0 Å². The number of amides is 1. The first-order chi connectivity index (χ1) is 60.6. The average Bonchev–Trinajstić information content (AvgIpc) is 1.65. The molecule has 4 aliphatic rings. The number of methoxy groups -OCH3 is 3. The zero-order valence-corrected chi connectivity index (χ0v) is 73.2. The van der Waals surface area contributed by atoms with Gasteiger partial charge in [-0.15, -0.1) is 0 Å². The summed E-state index contributed by atoms with van der Waals surface area (Å²) >= 11 is 0. The maximum absolute atomic E-state index is 12.6. The molecule has 36 heteroatoms. The molecule has 12 aromatic rings. The topological polar surface area (TPSA) is 452 Å². The Morgan fingerprint density at radius 3 is 1.30 bits per heavy atom. The molecular formula is C89H121N25O11. The number of ether oxygens (including phenoxy) is 8. The van der Waals surface area contributed by atoms with Gasteiger partial charge in [-0.05, 0) is 160 Å². The van der Waals surface area contributed by atoms with Gasteiger partial charge in [-0.1, -0.05) is 137 Å². The van der Waals surface area contributed by atoms with Crippen molar-refractivity contribution in [2.45, 2.75) is 158 Å². The highest BCUT2D eigenvalue weighted by atomic mass is 16.6. The predicted molar refractivity (Wildman–Crippen MR) is 480 cm³/mol.